The minimum absolute atomic E-state index is 2.49. The number of halogens is 15. The molecule has 0 spiro atoms. The Morgan fingerprint density at radius 3 is 0.471 bits per heavy atom. The molecule has 0 aliphatic rings. The number of rotatable bonds is 3. The van der Waals surface area contributed by atoms with E-state index < -0.39 is 116 Å². The van der Waals surface area contributed by atoms with Crippen molar-refractivity contribution < 1.29 is 65.9 Å². The van der Waals surface area contributed by atoms with Crippen molar-refractivity contribution in [2.24, 2.45) is 0 Å². The third-order valence-corrected chi connectivity index (χ3v) is 11.4. The van der Waals surface area contributed by atoms with E-state index in [-0.39, 0.29) is 0 Å². The molecule has 3 rings (SSSR count). The van der Waals surface area contributed by atoms with Crippen LogP contribution in [0.25, 0.3) is 0 Å². The summed E-state index contributed by atoms with van der Waals surface area (Å²) in [5.74, 6) is -44.4. The second-order valence-corrected chi connectivity index (χ2v) is 11.8. The van der Waals surface area contributed by atoms with Gasteiger partial charge in [-0.3, -0.25) is 0 Å². The van der Waals surface area contributed by atoms with Crippen molar-refractivity contribution in [3.8, 4) is 0 Å². The van der Waals surface area contributed by atoms with Gasteiger partial charge in [0, 0.05) is 0 Å². The van der Waals surface area contributed by atoms with Gasteiger partial charge in [-0.05, 0) is 0 Å². The molecule has 0 atom stereocenters. The zero-order valence-electron chi connectivity index (χ0n) is 15.2. The molecule has 16 heteroatoms. The Bertz CT molecular complexity index is 1110. The maximum absolute atomic E-state index is 14.4. The van der Waals surface area contributed by atoms with Crippen LogP contribution >= 0.6 is 0 Å². The summed E-state index contributed by atoms with van der Waals surface area (Å²) in [6, 6.07) is 0. The summed E-state index contributed by atoms with van der Waals surface area (Å²) in [5.41, 5.74) is 0. The van der Waals surface area contributed by atoms with E-state index in [0.29, 0.717) is 0 Å². The van der Waals surface area contributed by atoms with E-state index in [2.05, 4.69) is 0 Å². The first-order chi connectivity index (χ1) is 15.7. The summed E-state index contributed by atoms with van der Waals surface area (Å²) < 4.78 is 202. The van der Waals surface area contributed by atoms with Crippen molar-refractivity contribution >= 4 is 28.6 Å². The van der Waals surface area contributed by atoms with E-state index in [1.807, 2.05) is 0 Å². The Kier molecular flexibility index (Phi) is 6.69. The normalized spacial score (nSPS) is 11.4. The van der Waals surface area contributed by atoms with Crippen LogP contribution in [0.4, 0.5) is 65.9 Å². The van der Waals surface area contributed by atoms with Crippen molar-refractivity contribution in [2.75, 3.05) is 0 Å². The fourth-order valence-corrected chi connectivity index (χ4v) is 9.66. The SMILES string of the molecule is Fc1c(F)c(F)[c]([Ga]([c]2c(F)c(F)c(F)c(F)c2F)[c]2c(F)c(F)c(F)c(F)c2F)c(F)c1F. The summed E-state index contributed by atoms with van der Waals surface area (Å²) in [5, 5.41) is 0. The molecule has 0 bridgehead atoms. The molecular weight excluding hydrogens is 571 g/mol. The first-order valence-corrected chi connectivity index (χ1v) is 11.8. The zero-order valence-corrected chi connectivity index (χ0v) is 17.7. The minimum atomic E-state index is -6.67. The van der Waals surface area contributed by atoms with Crippen LogP contribution in [0.15, 0.2) is 0 Å². The average molecular weight is 571 g/mol. The van der Waals surface area contributed by atoms with Crippen LogP contribution in [-0.2, 0) is 0 Å². The van der Waals surface area contributed by atoms with Crippen molar-refractivity contribution in [3.63, 3.8) is 0 Å². The molecule has 0 amide bonds. The fourth-order valence-electron chi connectivity index (χ4n) is 3.06. The predicted octanol–water partition coefficient (Wildman–Crippen LogP) is 4.29. The van der Waals surface area contributed by atoms with Crippen molar-refractivity contribution in [2.45, 2.75) is 0 Å². The van der Waals surface area contributed by atoms with E-state index in [4.69, 9.17) is 0 Å². The van der Waals surface area contributed by atoms with E-state index in [1.165, 1.54) is 0 Å². The van der Waals surface area contributed by atoms with Crippen LogP contribution in [0.3, 0.4) is 0 Å². The van der Waals surface area contributed by atoms with Gasteiger partial charge in [0.2, 0.25) is 0 Å². The van der Waals surface area contributed by atoms with Gasteiger partial charge in [-0.15, -0.1) is 0 Å². The topological polar surface area (TPSA) is 0 Å². The van der Waals surface area contributed by atoms with Gasteiger partial charge in [0.1, 0.15) is 0 Å². The summed E-state index contributed by atoms with van der Waals surface area (Å²) in [4.78, 5) is 0. The molecule has 0 unspecified atom stereocenters. The number of hydrogen-bond acceptors (Lipinski definition) is 0. The van der Waals surface area contributed by atoms with Crippen LogP contribution in [0.5, 0.6) is 0 Å². The Morgan fingerprint density at radius 2 is 0.324 bits per heavy atom. The molecule has 3 aromatic rings. The molecule has 0 saturated carbocycles. The van der Waals surface area contributed by atoms with Gasteiger partial charge in [0.05, 0.1) is 0 Å². The third-order valence-electron chi connectivity index (χ3n) is 4.60. The molecule has 0 saturated heterocycles. The second kappa shape index (κ2) is 8.79. The van der Waals surface area contributed by atoms with E-state index in [0.717, 1.165) is 0 Å². The third kappa shape index (κ3) is 3.53. The van der Waals surface area contributed by atoms with Crippen LogP contribution in [0.1, 0.15) is 0 Å². The molecule has 0 heterocycles. The number of hydrogen-bond donors (Lipinski definition) is 0. The van der Waals surface area contributed by atoms with Crippen LogP contribution in [0, 0.1) is 87.3 Å². The standard InChI is InChI=1S/3C6F5.Ga/c3*7-2-1-3(8)5(10)6(11)4(2)9;. The fraction of sp³-hybridized carbons (Fsp3) is 0. The van der Waals surface area contributed by atoms with Gasteiger partial charge in [-0.25, -0.2) is 0 Å². The molecule has 3 aromatic carbocycles. The Hall–Kier alpha value is -2.75. The second-order valence-electron chi connectivity index (χ2n) is 6.38. The molecule has 0 aliphatic heterocycles. The monoisotopic (exact) mass is 570 g/mol. The van der Waals surface area contributed by atoms with Gasteiger partial charge >= 0.3 is 182 Å². The van der Waals surface area contributed by atoms with Gasteiger partial charge < -0.3 is 0 Å². The number of benzene rings is 3. The summed E-state index contributed by atoms with van der Waals surface area (Å²) in [6.07, 6.45) is 0. The van der Waals surface area contributed by atoms with Crippen molar-refractivity contribution in [3.05, 3.63) is 87.3 Å². The Labute approximate surface area is 182 Å². The van der Waals surface area contributed by atoms with Gasteiger partial charge in [0.25, 0.3) is 0 Å². The molecule has 0 radical (unpaired) electrons. The summed E-state index contributed by atoms with van der Waals surface area (Å²) in [7, 11) is 0. The first kappa shape index (κ1) is 25.9. The van der Waals surface area contributed by atoms with E-state index >= 15 is 0 Å². The summed E-state index contributed by atoms with van der Waals surface area (Å²) >= 11 is -6.67. The molecule has 0 fully saturated rings. The van der Waals surface area contributed by atoms with Crippen LogP contribution in [0.2, 0.25) is 0 Å². The van der Waals surface area contributed by atoms with E-state index in [9.17, 15) is 65.9 Å². The van der Waals surface area contributed by atoms with E-state index in [1.54, 1.807) is 0 Å². The van der Waals surface area contributed by atoms with Gasteiger partial charge in [-0.2, -0.15) is 0 Å². The van der Waals surface area contributed by atoms with Gasteiger partial charge in [-0.1, -0.05) is 0 Å². The molecule has 0 aliphatic carbocycles. The Morgan fingerprint density at radius 1 is 0.206 bits per heavy atom. The van der Waals surface area contributed by atoms with Crippen LogP contribution < -0.4 is 12.4 Å². The molecule has 0 N–H and O–H groups in total. The predicted molar refractivity (Wildman–Crippen MR) is 83.4 cm³/mol. The maximum atomic E-state index is 14.4. The van der Waals surface area contributed by atoms with Gasteiger partial charge in [0.15, 0.2) is 0 Å². The molecular formula is C18F15Ga. The quantitative estimate of drug-likeness (QED) is 0.191. The van der Waals surface area contributed by atoms with Crippen molar-refractivity contribution in [1.29, 1.82) is 0 Å². The van der Waals surface area contributed by atoms with Crippen molar-refractivity contribution in [1.82, 2.24) is 0 Å². The first-order valence-electron chi connectivity index (χ1n) is 8.20. The molecule has 0 aromatic heterocycles. The molecule has 34 heavy (non-hydrogen) atoms. The zero-order chi connectivity index (χ0) is 26.0. The molecule has 0 nitrogen and oxygen atoms in total. The Balaban J connectivity index is 2.68. The van der Waals surface area contributed by atoms with Crippen LogP contribution in [-0.4, -0.2) is 16.2 Å². The molecule has 180 valence electrons. The summed E-state index contributed by atoms with van der Waals surface area (Å²) in [6.45, 7) is 0. The average Bonchev–Trinajstić information content (AvgIpc) is 2.81.